The van der Waals surface area contributed by atoms with Gasteiger partial charge < -0.3 is 4.90 Å². The van der Waals surface area contributed by atoms with Gasteiger partial charge in [0.05, 0.1) is 10.9 Å². The van der Waals surface area contributed by atoms with E-state index in [4.69, 9.17) is 0 Å². The minimum atomic E-state index is 0.00603. The Morgan fingerprint density at radius 2 is 2.60 bits per heavy atom. The summed E-state index contributed by atoms with van der Waals surface area (Å²) in [6.07, 6.45) is 3.63. The summed E-state index contributed by atoms with van der Waals surface area (Å²) in [6, 6.07) is 0.167. The number of rotatable bonds is 3. The maximum absolute atomic E-state index is 11.9. The van der Waals surface area contributed by atoms with E-state index in [1.807, 2.05) is 10.3 Å². The van der Waals surface area contributed by atoms with Crippen molar-refractivity contribution in [3.63, 3.8) is 0 Å². The average Bonchev–Trinajstić information content (AvgIpc) is 2.84. The van der Waals surface area contributed by atoms with E-state index in [2.05, 4.69) is 27.8 Å². The molecule has 5 heteroatoms. The summed E-state index contributed by atoms with van der Waals surface area (Å²) in [7, 11) is 0. The zero-order valence-electron chi connectivity index (χ0n) is 8.52. The zero-order valence-corrected chi connectivity index (χ0v) is 10.9. The molecular formula is C10H13BrN2OS. The van der Waals surface area contributed by atoms with Crippen molar-refractivity contribution in [1.82, 2.24) is 9.88 Å². The van der Waals surface area contributed by atoms with E-state index in [0.29, 0.717) is 0 Å². The molecule has 0 N–H and O–H groups in total. The highest BCUT2D eigenvalue weighted by molar-refractivity contribution is 9.10. The fraction of sp³-hybridized carbons (Fsp3) is 0.600. The number of thiazole rings is 1. The molecule has 82 valence electrons. The first-order chi connectivity index (χ1) is 7.24. The van der Waals surface area contributed by atoms with Gasteiger partial charge in [-0.3, -0.25) is 4.79 Å². The molecule has 1 fully saturated rings. The second-order valence-corrected chi connectivity index (χ2v) is 5.61. The number of hydrogen-bond acceptors (Lipinski definition) is 3. The van der Waals surface area contributed by atoms with Gasteiger partial charge in [0.25, 0.3) is 0 Å². The molecule has 0 spiro atoms. The minimum Gasteiger partial charge on any atom is -0.332 e. The van der Waals surface area contributed by atoms with Gasteiger partial charge in [0.15, 0.2) is 0 Å². The van der Waals surface area contributed by atoms with Gasteiger partial charge in [0, 0.05) is 18.1 Å². The Bertz CT molecular complexity index is 341. The molecular weight excluding hydrogens is 276 g/mol. The van der Waals surface area contributed by atoms with E-state index < -0.39 is 0 Å². The molecule has 1 aromatic heterocycles. The standard InChI is InChI=1S/C10H13BrN2OS/c1-2-8(9-12-4-6-15-9)13-5-3-7(11)10(13)14/h4,6-8H,2-3,5H2,1H3. The van der Waals surface area contributed by atoms with Crippen molar-refractivity contribution in [3.8, 4) is 0 Å². The predicted molar refractivity (Wildman–Crippen MR) is 64.2 cm³/mol. The van der Waals surface area contributed by atoms with Crippen LogP contribution in [0.15, 0.2) is 11.6 Å². The molecule has 2 atom stereocenters. The molecule has 2 rings (SSSR count). The summed E-state index contributed by atoms with van der Waals surface area (Å²) in [4.78, 5) is 18.1. The summed E-state index contributed by atoms with van der Waals surface area (Å²) in [5, 5.41) is 3.01. The molecule has 2 heterocycles. The maximum Gasteiger partial charge on any atom is 0.237 e. The third kappa shape index (κ3) is 2.08. The Morgan fingerprint density at radius 3 is 3.07 bits per heavy atom. The smallest absolute Gasteiger partial charge is 0.237 e. The largest absolute Gasteiger partial charge is 0.332 e. The average molecular weight is 289 g/mol. The van der Waals surface area contributed by atoms with Crippen LogP contribution in [0.4, 0.5) is 0 Å². The van der Waals surface area contributed by atoms with Crippen molar-refractivity contribution < 1.29 is 4.79 Å². The highest BCUT2D eigenvalue weighted by Crippen LogP contribution is 2.31. The Morgan fingerprint density at radius 1 is 1.80 bits per heavy atom. The second kappa shape index (κ2) is 4.61. The van der Waals surface area contributed by atoms with Crippen molar-refractivity contribution in [3.05, 3.63) is 16.6 Å². The zero-order chi connectivity index (χ0) is 10.8. The SMILES string of the molecule is CCC(c1nccs1)N1CCC(Br)C1=O. The van der Waals surface area contributed by atoms with Gasteiger partial charge in [0.2, 0.25) is 5.91 Å². The molecule has 0 aliphatic carbocycles. The lowest BCUT2D eigenvalue weighted by atomic mass is 10.2. The van der Waals surface area contributed by atoms with Crippen molar-refractivity contribution in [2.24, 2.45) is 0 Å². The number of aromatic nitrogens is 1. The number of amides is 1. The molecule has 2 unspecified atom stereocenters. The fourth-order valence-electron chi connectivity index (χ4n) is 1.90. The quantitative estimate of drug-likeness (QED) is 0.801. The molecule has 0 aromatic carbocycles. The molecule has 1 aromatic rings. The van der Waals surface area contributed by atoms with Gasteiger partial charge in [-0.1, -0.05) is 22.9 Å². The van der Waals surface area contributed by atoms with Gasteiger partial charge in [-0.15, -0.1) is 11.3 Å². The van der Waals surface area contributed by atoms with Crippen molar-refractivity contribution in [1.29, 1.82) is 0 Å². The van der Waals surface area contributed by atoms with Gasteiger partial charge in [-0.2, -0.15) is 0 Å². The van der Waals surface area contributed by atoms with Gasteiger partial charge >= 0.3 is 0 Å². The van der Waals surface area contributed by atoms with E-state index >= 15 is 0 Å². The fourth-order valence-corrected chi connectivity index (χ4v) is 3.20. The first-order valence-electron chi connectivity index (χ1n) is 5.08. The highest BCUT2D eigenvalue weighted by atomic mass is 79.9. The summed E-state index contributed by atoms with van der Waals surface area (Å²) >= 11 is 5.02. The lowest BCUT2D eigenvalue weighted by Gasteiger charge is -2.24. The molecule has 3 nitrogen and oxygen atoms in total. The van der Waals surface area contributed by atoms with Crippen LogP contribution in [-0.2, 0) is 4.79 Å². The lowest BCUT2D eigenvalue weighted by molar-refractivity contribution is -0.129. The predicted octanol–water partition coefficient (Wildman–Crippen LogP) is 2.59. The van der Waals surface area contributed by atoms with Crippen molar-refractivity contribution >= 4 is 33.2 Å². The van der Waals surface area contributed by atoms with Crippen LogP contribution in [0.3, 0.4) is 0 Å². The van der Waals surface area contributed by atoms with E-state index in [9.17, 15) is 4.79 Å². The summed E-state index contributed by atoms with van der Waals surface area (Å²) in [5.74, 6) is 0.206. The van der Waals surface area contributed by atoms with Gasteiger partial charge in [-0.25, -0.2) is 4.98 Å². The van der Waals surface area contributed by atoms with Crippen molar-refractivity contribution in [2.75, 3.05) is 6.54 Å². The first kappa shape index (κ1) is 11.1. The second-order valence-electron chi connectivity index (χ2n) is 3.58. The molecule has 1 saturated heterocycles. The van der Waals surface area contributed by atoms with Crippen LogP contribution in [0.2, 0.25) is 0 Å². The van der Waals surface area contributed by atoms with Crippen LogP contribution in [0.5, 0.6) is 0 Å². The van der Waals surface area contributed by atoms with Gasteiger partial charge in [-0.05, 0) is 12.8 Å². The number of carbonyl (C=O) groups is 1. The monoisotopic (exact) mass is 288 g/mol. The van der Waals surface area contributed by atoms with Crippen LogP contribution in [0.25, 0.3) is 0 Å². The summed E-state index contributed by atoms with van der Waals surface area (Å²) in [5.41, 5.74) is 0. The minimum absolute atomic E-state index is 0.00603. The topological polar surface area (TPSA) is 33.2 Å². The number of likely N-dealkylation sites (tertiary alicyclic amines) is 1. The van der Waals surface area contributed by atoms with Crippen LogP contribution < -0.4 is 0 Å². The Labute approximate surface area is 102 Å². The molecule has 0 radical (unpaired) electrons. The maximum atomic E-state index is 11.9. The molecule has 1 aliphatic rings. The number of nitrogens with zero attached hydrogens (tertiary/aromatic N) is 2. The number of carbonyl (C=O) groups excluding carboxylic acids is 1. The Kier molecular flexibility index (Phi) is 3.41. The highest BCUT2D eigenvalue weighted by Gasteiger charge is 2.35. The number of halogens is 1. The van der Waals surface area contributed by atoms with Crippen LogP contribution in [0, 0.1) is 0 Å². The van der Waals surface area contributed by atoms with E-state index in [0.717, 1.165) is 24.4 Å². The third-order valence-electron chi connectivity index (χ3n) is 2.67. The molecule has 0 bridgehead atoms. The van der Waals surface area contributed by atoms with Crippen LogP contribution >= 0.6 is 27.3 Å². The number of alkyl halides is 1. The van der Waals surface area contributed by atoms with E-state index in [-0.39, 0.29) is 16.8 Å². The first-order valence-corrected chi connectivity index (χ1v) is 6.87. The molecule has 15 heavy (non-hydrogen) atoms. The van der Waals surface area contributed by atoms with Gasteiger partial charge in [0.1, 0.15) is 5.01 Å². The van der Waals surface area contributed by atoms with E-state index in [1.54, 1.807) is 17.5 Å². The molecule has 0 saturated carbocycles. The summed E-state index contributed by atoms with van der Waals surface area (Å²) < 4.78 is 0. The third-order valence-corrected chi connectivity index (χ3v) is 4.40. The summed E-state index contributed by atoms with van der Waals surface area (Å²) in [6.45, 7) is 2.94. The van der Waals surface area contributed by atoms with Crippen LogP contribution in [0.1, 0.15) is 30.8 Å². The molecule has 1 amide bonds. The normalized spacial score (nSPS) is 23.5. The van der Waals surface area contributed by atoms with E-state index in [1.165, 1.54) is 0 Å². The molecule has 1 aliphatic heterocycles. The lowest BCUT2D eigenvalue weighted by Crippen LogP contribution is -2.31. The van der Waals surface area contributed by atoms with Crippen LogP contribution in [-0.4, -0.2) is 27.2 Å². The number of hydrogen-bond donors (Lipinski definition) is 0. The Hall–Kier alpha value is -0.420. The van der Waals surface area contributed by atoms with Crippen molar-refractivity contribution in [2.45, 2.75) is 30.6 Å². The Balaban J connectivity index is 2.18.